The van der Waals surface area contributed by atoms with E-state index in [2.05, 4.69) is 49.7 Å². The molecule has 0 aliphatic carbocycles. The number of para-hydroxylation sites is 1. The molecule has 2 aliphatic heterocycles. The third-order valence-corrected chi connectivity index (χ3v) is 6.07. The average Bonchev–Trinajstić information content (AvgIpc) is 3.38. The predicted octanol–water partition coefficient (Wildman–Crippen LogP) is 2.52. The van der Waals surface area contributed by atoms with E-state index in [0.717, 1.165) is 55.3 Å². The molecule has 1 saturated heterocycles. The lowest BCUT2D eigenvalue weighted by atomic mass is 10.1. The third-order valence-electron chi connectivity index (χ3n) is 6.07. The first kappa shape index (κ1) is 18.0. The van der Waals surface area contributed by atoms with Gasteiger partial charge in [0, 0.05) is 56.2 Å². The molecule has 1 aromatic carbocycles. The normalized spacial score (nSPS) is 16.9. The van der Waals surface area contributed by atoms with Crippen LogP contribution >= 0.6 is 0 Å². The summed E-state index contributed by atoms with van der Waals surface area (Å²) in [5, 5.41) is 1.23. The molecule has 0 unspecified atom stereocenters. The number of benzene rings is 1. The smallest absolute Gasteiger partial charge is 0.257 e. The molecule has 3 aromatic rings. The molecule has 6 nitrogen and oxygen atoms in total. The van der Waals surface area contributed by atoms with Gasteiger partial charge >= 0.3 is 0 Å². The summed E-state index contributed by atoms with van der Waals surface area (Å²) in [5.41, 5.74) is 4.19. The van der Waals surface area contributed by atoms with Crippen molar-refractivity contribution < 1.29 is 0 Å². The number of aromatic amines is 1. The lowest BCUT2D eigenvalue weighted by molar-refractivity contribution is 0.242. The average molecular weight is 387 g/mol. The van der Waals surface area contributed by atoms with E-state index in [1.165, 1.54) is 23.8 Å². The van der Waals surface area contributed by atoms with Crippen LogP contribution in [-0.2, 0) is 26.1 Å². The fraction of sp³-hybridized carbons (Fsp3) is 0.391. The number of rotatable bonds is 4. The minimum atomic E-state index is 0.0105. The van der Waals surface area contributed by atoms with Crippen LogP contribution in [0.25, 0.3) is 10.9 Å². The molecule has 1 fully saturated rings. The maximum absolute atomic E-state index is 12.8. The predicted molar refractivity (Wildman–Crippen MR) is 115 cm³/mol. The molecule has 6 heteroatoms. The molecule has 0 amide bonds. The molecule has 2 aliphatic rings. The van der Waals surface area contributed by atoms with Crippen LogP contribution in [0.4, 0.5) is 5.95 Å². The van der Waals surface area contributed by atoms with Crippen molar-refractivity contribution in [2.24, 2.45) is 0 Å². The number of nitrogens with zero attached hydrogens (tertiary/aromatic N) is 4. The van der Waals surface area contributed by atoms with Gasteiger partial charge in [-0.05, 0) is 24.5 Å². The molecule has 2 aromatic heterocycles. The Labute approximate surface area is 170 Å². The van der Waals surface area contributed by atoms with Crippen LogP contribution in [0, 0.1) is 12.3 Å². The molecule has 29 heavy (non-hydrogen) atoms. The van der Waals surface area contributed by atoms with E-state index in [1.807, 2.05) is 6.07 Å². The van der Waals surface area contributed by atoms with Gasteiger partial charge < -0.3 is 9.47 Å². The number of hydrogen-bond acceptors (Lipinski definition) is 4. The van der Waals surface area contributed by atoms with Crippen molar-refractivity contribution in [1.82, 2.24) is 19.4 Å². The first-order chi connectivity index (χ1) is 14.2. The number of terminal acetylenes is 1. The number of anilines is 1. The second kappa shape index (κ2) is 7.41. The van der Waals surface area contributed by atoms with Crippen LogP contribution < -0.4 is 10.5 Å². The van der Waals surface area contributed by atoms with E-state index in [1.54, 1.807) is 0 Å². The van der Waals surface area contributed by atoms with Gasteiger partial charge in [-0.25, -0.2) is 4.98 Å². The Morgan fingerprint density at radius 1 is 1.17 bits per heavy atom. The topological polar surface area (TPSA) is 57.2 Å². The van der Waals surface area contributed by atoms with Crippen LogP contribution in [0.3, 0.4) is 0 Å². The number of hydrogen-bond donors (Lipinski definition) is 1. The summed E-state index contributed by atoms with van der Waals surface area (Å²) in [6.45, 7) is 4.85. The van der Waals surface area contributed by atoms with Crippen LogP contribution in [0.5, 0.6) is 0 Å². The van der Waals surface area contributed by atoms with Gasteiger partial charge in [-0.3, -0.25) is 14.7 Å². The van der Waals surface area contributed by atoms with E-state index < -0.39 is 0 Å². The van der Waals surface area contributed by atoms with Crippen molar-refractivity contribution in [3.05, 3.63) is 57.6 Å². The van der Waals surface area contributed by atoms with Crippen LogP contribution in [0.15, 0.2) is 35.3 Å². The van der Waals surface area contributed by atoms with E-state index in [-0.39, 0.29) is 5.56 Å². The van der Waals surface area contributed by atoms with Gasteiger partial charge in [0.25, 0.3) is 5.56 Å². The first-order valence-corrected chi connectivity index (χ1v) is 10.3. The Morgan fingerprint density at radius 2 is 2.00 bits per heavy atom. The zero-order valence-electron chi connectivity index (χ0n) is 16.5. The van der Waals surface area contributed by atoms with Crippen molar-refractivity contribution in [3.63, 3.8) is 0 Å². The zero-order valence-corrected chi connectivity index (χ0v) is 16.5. The van der Waals surface area contributed by atoms with Gasteiger partial charge in [-0.2, -0.15) is 0 Å². The second-order valence-corrected chi connectivity index (χ2v) is 7.97. The number of H-pyrrole nitrogens is 1. The SMILES string of the molecule is C#CCn1cc(CN2CCc3nc(N4CCCC4)[nH]c(=O)c3C2)c2ccccc21. The van der Waals surface area contributed by atoms with Gasteiger partial charge in [0.15, 0.2) is 0 Å². The van der Waals surface area contributed by atoms with Gasteiger partial charge in [-0.15, -0.1) is 6.42 Å². The third kappa shape index (κ3) is 3.32. The van der Waals surface area contributed by atoms with Gasteiger partial charge in [0.2, 0.25) is 5.95 Å². The quantitative estimate of drug-likeness (QED) is 0.699. The highest BCUT2D eigenvalue weighted by Crippen LogP contribution is 2.25. The first-order valence-electron chi connectivity index (χ1n) is 10.3. The van der Waals surface area contributed by atoms with Crippen LogP contribution in [-0.4, -0.2) is 39.1 Å². The molecular weight excluding hydrogens is 362 g/mol. The standard InChI is InChI=1S/C23H25N5O/c1-2-10-28-15-17(18-7-3-4-8-21(18)28)14-26-13-9-20-19(16-26)22(29)25-23(24-20)27-11-5-6-12-27/h1,3-4,7-8,15H,5-6,9-14,16H2,(H,24,25,29). The molecule has 4 heterocycles. The molecule has 0 saturated carbocycles. The molecule has 0 spiro atoms. The van der Waals surface area contributed by atoms with Gasteiger partial charge in [0.1, 0.15) is 0 Å². The lowest BCUT2D eigenvalue weighted by Gasteiger charge is -2.28. The Balaban J connectivity index is 1.40. The largest absolute Gasteiger partial charge is 0.342 e. The maximum atomic E-state index is 12.8. The molecule has 1 N–H and O–H groups in total. The second-order valence-electron chi connectivity index (χ2n) is 7.97. The number of nitrogens with one attached hydrogen (secondary N) is 1. The van der Waals surface area contributed by atoms with Crippen LogP contribution in [0.2, 0.25) is 0 Å². The van der Waals surface area contributed by atoms with Crippen molar-refractivity contribution >= 4 is 16.9 Å². The lowest BCUT2D eigenvalue weighted by Crippen LogP contribution is -2.36. The van der Waals surface area contributed by atoms with Crippen molar-refractivity contribution in [1.29, 1.82) is 0 Å². The molecule has 5 rings (SSSR count). The van der Waals surface area contributed by atoms with E-state index in [4.69, 9.17) is 11.4 Å². The Hall–Kier alpha value is -3.04. The zero-order chi connectivity index (χ0) is 19.8. The molecule has 0 radical (unpaired) electrons. The Morgan fingerprint density at radius 3 is 2.83 bits per heavy atom. The van der Waals surface area contributed by atoms with Crippen molar-refractivity contribution in [2.45, 2.75) is 38.9 Å². The molecule has 0 atom stereocenters. The summed E-state index contributed by atoms with van der Waals surface area (Å²) in [5.74, 6) is 3.48. The minimum Gasteiger partial charge on any atom is -0.342 e. The summed E-state index contributed by atoms with van der Waals surface area (Å²) < 4.78 is 2.12. The van der Waals surface area contributed by atoms with Gasteiger partial charge in [-0.1, -0.05) is 24.1 Å². The fourth-order valence-electron chi connectivity index (χ4n) is 4.60. The van der Waals surface area contributed by atoms with E-state index in [9.17, 15) is 4.79 Å². The highest BCUT2D eigenvalue weighted by Gasteiger charge is 2.24. The Bertz CT molecular complexity index is 1150. The monoisotopic (exact) mass is 387 g/mol. The minimum absolute atomic E-state index is 0.0105. The molecule has 148 valence electrons. The molecule has 0 bridgehead atoms. The van der Waals surface area contributed by atoms with Crippen LogP contribution in [0.1, 0.15) is 29.7 Å². The number of aromatic nitrogens is 3. The number of fused-ring (bicyclic) bond motifs is 2. The highest BCUT2D eigenvalue weighted by molar-refractivity contribution is 5.84. The fourth-order valence-corrected chi connectivity index (χ4v) is 4.60. The van der Waals surface area contributed by atoms with E-state index in [0.29, 0.717) is 13.1 Å². The highest BCUT2D eigenvalue weighted by atomic mass is 16.1. The summed E-state index contributed by atoms with van der Waals surface area (Å²) in [6, 6.07) is 8.36. The van der Waals surface area contributed by atoms with Crippen molar-refractivity contribution in [2.75, 3.05) is 24.5 Å². The van der Waals surface area contributed by atoms with Gasteiger partial charge in [0.05, 0.1) is 17.8 Å². The summed E-state index contributed by atoms with van der Waals surface area (Å²) in [7, 11) is 0. The Kier molecular flexibility index (Phi) is 4.61. The maximum Gasteiger partial charge on any atom is 0.257 e. The summed E-state index contributed by atoms with van der Waals surface area (Å²) in [6.07, 6.45) is 10.8. The molecular formula is C23H25N5O. The summed E-state index contributed by atoms with van der Waals surface area (Å²) >= 11 is 0. The van der Waals surface area contributed by atoms with E-state index >= 15 is 0 Å². The summed E-state index contributed by atoms with van der Waals surface area (Å²) in [4.78, 5) is 25.1. The van der Waals surface area contributed by atoms with Crippen molar-refractivity contribution in [3.8, 4) is 12.3 Å².